The van der Waals surface area contributed by atoms with Crippen LogP contribution >= 0.6 is 0 Å². The minimum Gasteiger partial charge on any atom is -0.462 e. The van der Waals surface area contributed by atoms with Crippen molar-refractivity contribution in [2.75, 3.05) is 5.32 Å². The lowest BCUT2D eigenvalue weighted by molar-refractivity contribution is -0.145. The molecule has 5 heteroatoms. The van der Waals surface area contributed by atoms with Gasteiger partial charge in [0.15, 0.2) is 0 Å². The number of amides is 1. The molecule has 3 fully saturated rings. The van der Waals surface area contributed by atoms with E-state index in [1.165, 1.54) is 11.1 Å². The molecule has 2 bridgehead atoms. The molecule has 3 aliphatic rings. The number of anilines is 1. The first-order chi connectivity index (χ1) is 13.5. The van der Waals surface area contributed by atoms with Crippen molar-refractivity contribution in [1.29, 1.82) is 0 Å². The van der Waals surface area contributed by atoms with Gasteiger partial charge in [0.2, 0.25) is 5.91 Å². The van der Waals surface area contributed by atoms with E-state index in [0.717, 1.165) is 18.6 Å². The highest BCUT2D eigenvalue weighted by Gasteiger charge is 2.63. The number of nitrogens with one attached hydrogen (secondary N) is 1. The van der Waals surface area contributed by atoms with E-state index in [0.29, 0.717) is 11.4 Å². The number of fused-ring (bicyclic) bond motifs is 1. The highest BCUT2D eigenvalue weighted by Crippen LogP contribution is 2.57. The molecule has 1 N–H and O–H groups in total. The van der Waals surface area contributed by atoms with Gasteiger partial charge in [-0.25, -0.2) is 0 Å². The Morgan fingerprint density at radius 3 is 2.54 bits per heavy atom. The van der Waals surface area contributed by atoms with Crippen LogP contribution in [-0.4, -0.2) is 18.0 Å². The zero-order valence-electron chi connectivity index (χ0n) is 16.0. The summed E-state index contributed by atoms with van der Waals surface area (Å²) in [6.07, 6.45) is 1.81. The highest BCUT2D eigenvalue weighted by molar-refractivity contribution is 5.97. The van der Waals surface area contributed by atoms with Gasteiger partial charge in [-0.1, -0.05) is 6.07 Å². The number of hydrogen-bond donors (Lipinski definition) is 1. The summed E-state index contributed by atoms with van der Waals surface area (Å²) >= 11 is 0. The zero-order chi connectivity index (χ0) is 19.4. The molecule has 1 aliphatic heterocycles. The van der Waals surface area contributed by atoms with Crippen molar-refractivity contribution in [3.63, 3.8) is 0 Å². The van der Waals surface area contributed by atoms with E-state index in [1.807, 2.05) is 42.5 Å². The van der Waals surface area contributed by atoms with E-state index < -0.39 is 0 Å². The van der Waals surface area contributed by atoms with Gasteiger partial charge in [-0.15, -0.1) is 0 Å². The summed E-state index contributed by atoms with van der Waals surface area (Å²) in [5, 5.41) is 2.98. The first kappa shape index (κ1) is 17.3. The summed E-state index contributed by atoms with van der Waals surface area (Å²) in [4.78, 5) is 24.9. The van der Waals surface area contributed by atoms with Crippen molar-refractivity contribution < 1.29 is 19.1 Å². The molecule has 2 saturated carbocycles. The molecule has 0 radical (unpaired) electrons. The van der Waals surface area contributed by atoms with Gasteiger partial charge in [0.05, 0.1) is 11.8 Å². The fourth-order valence-electron chi connectivity index (χ4n) is 5.11. The molecule has 0 spiro atoms. The van der Waals surface area contributed by atoms with Crippen LogP contribution < -0.4 is 10.1 Å². The summed E-state index contributed by atoms with van der Waals surface area (Å²) in [6.45, 7) is 4.12. The van der Waals surface area contributed by atoms with Gasteiger partial charge in [-0.2, -0.15) is 0 Å². The first-order valence-electron chi connectivity index (χ1n) is 9.86. The first-order valence-corrected chi connectivity index (χ1v) is 9.86. The molecule has 0 aromatic heterocycles. The minimum atomic E-state index is -0.261. The minimum absolute atomic E-state index is 0.0494. The molecule has 1 heterocycles. The summed E-state index contributed by atoms with van der Waals surface area (Å²) in [5.41, 5.74) is 3.12. The molecule has 5 rings (SSSR count). The summed E-state index contributed by atoms with van der Waals surface area (Å²) < 4.78 is 11.3. The van der Waals surface area contributed by atoms with Crippen LogP contribution in [-0.2, 0) is 14.3 Å². The Morgan fingerprint density at radius 2 is 1.79 bits per heavy atom. The van der Waals surface area contributed by atoms with Gasteiger partial charge in [-0.05, 0) is 80.1 Å². The molecular formula is C23H23NO4. The van der Waals surface area contributed by atoms with Crippen molar-refractivity contribution >= 4 is 17.6 Å². The normalized spacial score (nSPS) is 29.6. The van der Waals surface area contributed by atoms with E-state index >= 15 is 0 Å². The molecular weight excluding hydrogens is 354 g/mol. The van der Waals surface area contributed by atoms with E-state index in [2.05, 4.69) is 19.2 Å². The Bertz CT molecular complexity index is 950. The smallest absolute Gasteiger partial charge is 0.310 e. The average Bonchev–Trinajstić information content (AvgIpc) is 3.29. The molecule has 0 unspecified atom stereocenters. The molecule has 5 atom stereocenters. The third kappa shape index (κ3) is 2.77. The van der Waals surface area contributed by atoms with Crippen molar-refractivity contribution in [2.24, 2.45) is 23.7 Å². The number of aryl methyl sites for hydroxylation is 2. The Hall–Kier alpha value is -2.82. The highest BCUT2D eigenvalue weighted by atomic mass is 16.6. The summed E-state index contributed by atoms with van der Waals surface area (Å²) in [6, 6.07) is 13.3. The second-order valence-corrected chi connectivity index (χ2v) is 8.28. The van der Waals surface area contributed by atoms with Crippen LogP contribution in [0.25, 0.3) is 0 Å². The van der Waals surface area contributed by atoms with Crippen molar-refractivity contribution in [3.05, 3.63) is 53.6 Å². The number of hydrogen-bond acceptors (Lipinski definition) is 4. The predicted octanol–water partition coefficient (Wildman–Crippen LogP) is 4.23. The van der Waals surface area contributed by atoms with Crippen molar-refractivity contribution in [1.82, 2.24) is 0 Å². The maximum atomic E-state index is 12.8. The second-order valence-electron chi connectivity index (χ2n) is 8.28. The number of rotatable bonds is 4. The van der Waals surface area contributed by atoms with Gasteiger partial charge in [0, 0.05) is 11.6 Å². The van der Waals surface area contributed by atoms with Crippen LogP contribution in [0.4, 0.5) is 5.69 Å². The predicted molar refractivity (Wildman–Crippen MR) is 104 cm³/mol. The quantitative estimate of drug-likeness (QED) is 0.810. The van der Waals surface area contributed by atoms with Crippen LogP contribution in [0.3, 0.4) is 0 Å². The monoisotopic (exact) mass is 377 g/mol. The molecule has 1 amide bonds. The maximum Gasteiger partial charge on any atom is 0.310 e. The Morgan fingerprint density at radius 1 is 1.04 bits per heavy atom. The SMILES string of the molecule is Cc1ccc(Oc2ccc(NC(=O)[C@@H]3[C@@H]4C[C@@H]5[C@@H]3C(=O)O[C@@H]5C4)cc2)cc1C. The largest absolute Gasteiger partial charge is 0.462 e. The molecule has 28 heavy (non-hydrogen) atoms. The standard InChI is InChI=1S/C23H23NO4/c1-12-3-6-17(9-13(12)2)27-16-7-4-15(5-8-16)24-22(25)20-14-10-18-19(11-14)28-23(26)21(18)20/h3-9,14,18-21H,10-11H2,1-2H3,(H,24,25)/t14-,18+,19-,20-,21+/m1/s1. The molecule has 2 aromatic carbocycles. The van der Waals surface area contributed by atoms with Gasteiger partial charge < -0.3 is 14.8 Å². The van der Waals surface area contributed by atoms with Gasteiger partial charge in [0.1, 0.15) is 17.6 Å². The number of ether oxygens (including phenoxy) is 2. The lowest BCUT2D eigenvalue weighted by atomic mass is 9.79. The van der Waals surface area contributed by atoms with Crippen molar-refractivity contribution in [3.8, 4) is 11.5 Å². The van der Waals surface area contributed by atoms with Crippen LogP contribution in [0, 0.1) is 37.5 Å². The van der Waals surface area contributed by atoms with Crippen LogP contribution in [0.15, 0.2) is 42.5 Å². The fraction of sp³-hybridized carbons (Fsp3) is 0.391. The molecule has 2 aromatic rings. The van der Waals surface area contributed by atoms with Crippen LogP contribution in [0.2, 0.25) is 0 Å². The Balaban J connectivity index is 1.26. The number of esters is 1. The van der Waals surface area contributed by atoms with Crippen molar-refractivity contribution in [2.45, 2.75) is 32.8 Å². The van der Waals surface area contributed by atoms with E-state index in [9.17, 15) is 9.59 Å². The van der Waals surface area contributed by atoms with Gasteiger partial charge >= 0.3 is 5.97 Å². The molecule has 144 valence electrons. The van der Waals surface area contributed by atoms with E-state index in [-0.39, 0.29) is 41.7 Å². The Kier molecular flexibility index (Phi) is 3.93. The van der Waals surface area contributed by atoms with E-state index in [4.69, 9.17) is 9.47 Å². The lowest BCUT2D eigenvalue weighted by Crippen LogP contribution is -2.35. The topological polar surface area (TPSA) is 64.6 Å². The maximum absolute atomic E-state index is 12.8. The number of carbonyl (C=O) groups is 2. The fourth-order valence-corrected chi connectivity index (χ4v) is 5.11. The Labute approximate surface area is 164 Å². The molecule has 2 aliphatic carbocycles. The zero-order valence-corrected chi connectivity index (χ0v) is 16.0. The van der Waals surface area contributed by atoms with Crippen LogP contribution in [0.1, 0.15) is 24.0 Å². The number of benzene rings is 2. The second kappa shape index (κ2) is 6.36. The third-order valence-electron chi connectivity index (χ3n) is 6.62. The van der Waals surface area contributed by atoms with Gasteiger partial charge in [0.25, 0.3) is 0 Å². The van der Waals surface area contributed by atoms with E-state index in [1.54, 1.807) is 0 Å². The molecule has 1 saturated heterocycles. The van der Waals surface area contributed by atoms with Gasteiger partial charge in [-0.3, -0.25) is 9.59 Å². The molecule has 5 nitrogen and oxygen atoms in total. The van der Waals surface area contributed by atoms with Crippen LogP contribution in [0.5, 0.6) is 11.5 Å². The summed E-state index contributed by atoms with van der Waals surface area (Å²) in [5.74, 6) is 1.23. The lowest BCUT2D eigenvalue weighted by Gasteiger charge is -2.23. The summed E-state index contributed by atoms with van der Waals surface area (Å²) in [7, 11) is 0. The number of carbonyl (C=O) groups excluding carboxylic acids is 2. The average molecular weight is 377 g/mol. The third-order valence-corrected chi connectivity index (χ3v) is 6.62.